The number of aryl methyl sites for hydroxylation is 1. The summed E-state index contributed by atoms with van der Waals surface area (Å²) in [6, 6.07) is 6.26. The smallest absolute Gasteiger partial charge is 0.129 e. The highest BCUT2D eigenvalue weighted by molar-refractivity contribution is 5.65. The molecule has 1 aliphatic rings. The van der Waals surface area contributed by atoms with E-state index in [1.807, 2.05) is 0 Å². The van der Waals surface area contributed by atoms with E-state index in [0.717, 1.165) is 5.75 Å². The van der Waals surface area contributed by atoms with Crippen LogP contribution >= 0.6 is 0 Å². The lowest BCUT2D eigenvalue weighted by molar-refractivity contribution is 0.358. The first-order valence-corrected chi connectivity index (χ1v) is 5.26. The molecule has 0 unspecified atom stereocenters. The van der Waals surface area contributed by atoms with Crippen LogP contribution < -0.4 is 4.74 Å². The minimum atomic E-state index is 0.662. The minimum Gasteiger partial charge on any atom is -0.489 e. The van der Waals surface area contributed by atoms with Gasteiger partial charge in [-0.1, -0.05) is 18.2 Å². The Morgan fingerprint density at radius 2 is 1.87 bits per heavy atom. The number of benzene rings is 1. The van der Waals surface area contributed by atoms with E-state index in [1.165, 1.54) is 22.3 Å². The zero-order chi connectivity index (χ0) is 10.8. The first-order chi connectivity index (χ1) is 7.18. The van der Waals surface area contributed by atoms with E-state index in [1.54, 1.807) is 0 Å². The lowest BCUT2D eigenvalue weighted by Crippen LogP contribution is -2.01. The lowest BCUT2D eigenvalue weighted by Gasteiger charge is -2.15. The van der Waals surface area contributed by atoms with Gasteiger partial charge in [-0.25, -0.2) is 0 Å². The Balaban J connectivity index is 2.55. The van der Waals surface area contributed by atoms with Crippen LogP contribution in [0.1, 0.15) is 25.0 Å². The van der Waals surface area contributed by atoms with Gasteiger partial charge >= 0.3 is 0 Å². The molecule has 0 atom stereocenters. The Kier molecular flexibility index (Phi) is 2.63. The summed E-state index contributed by atoms with van der Waals surface area (Å²) in [5, 5.41) is 0. The number of ether oxygens (including phenoxy) is 1. The van der Waals surface area contributed by atoms with E-state index in [9.17, 15) is 0 Å². The first-order valence-electron chi connectivity index (χ1n) is 5.26. The number of hydrogen-bond donors (Lipinski definition) is 0. The van der Waals surface area contributed by atoms with Crippen LogP contribution in [0.2, 0.25) is 0 Å². The van der Waals surface area contributed by atoms with Crippen LogP contribution in [0.5, 0.6) is 5.75 Å². The maximum absolute atomic E-state index is 5.76. The quantitative estimate of drug-likeness (QED) is 0.620. The summed E-state index contributed by atoms with van der Waals surface area (Å²) in [7, 11) is 0. The van der Waals surface area contributed by atoms with E-state index in [0.29, 0.717) is 6.61 Å². The molecule has 0 aromatic heterocycles. The van der Waals surface area contributed by atoms with E-state index >= 15 is 0 Å². The predicted molar refractivity (Wildman–Crippen MR) is 64.1 cm³/mol. The van der Waals surface area contributed by atoms with Gasteiger partial charge in [-0.2, -0.15) is 0 Å². The van der Waals surface area contributed by atoms with Gasteiger partial charge in [0.1, 0.15) is 12.4 Å². The summed E-state index contributed by atoms with van der Waals surface area (Å²) >= 11 is 0. The molecular formula is C14H16O. The Bertz CT molecular complexity index is 439. The molecule has 0 amide bonds. The van der Waals surface area contributed by atoms with Gasteiger partial charge in [0, 0.05) is 5.56 Å². The lowest BCUT2D eigenvalue weighted by atomic mass is 10.0. The van der Waals surface area contributed by atoms with Crippen molar-refractivity contribution in [2.24, 2.45) is 0 Å². The molecule has 2 rings (SSSR count). The van der Waals surface area contributed by atoms with Gasteiger partial charge in [-0.15, -0.1) is 0 Å². The van der Waals surface area contributed by atoms with Gasteiger partial charge in [0.15, 0.2) is 0 Å². The number of rotatable bonds is 0. The van der Waals surface area contributed by atoms with Crippen molar-refractivity contribution in [1.29, 1.82) is 0 Å². The Morgan fingerprint density at radius 3 is 2.67 bits per heavy atom. The highest BCUT2D eigenvalue weighted by Gasteiger charge is 2.07. The first kappa shape index (κ1) is 10.0. The van der Waals surface area contributed by atoms with Crippen molar-refractivity contribution in [1.82, 2.24) is 0 Å². The summed E-state index contributed by atoms with van der Waals surface area (Å²) in [5.41, 5.74) is 4.98. The second-order valence-electron chi connectivity index (χ2n) is 4.02. The van der Waals surface area contributed by atoms with Gasteiger partial charge in [0.25, 0.3) is 0 Å². The molecule has 15 heavy (non-hydrogen) atoms. The summed E-state index contributed by atoms with van der Waals surface area (Å²) in [5.74, 6) is 1.01. The Morgan fingerprint density at radius 1 is 1.07 bits per heavy atom. The Hall–Kier alpha value is -1.50. The summed E-state index contributed by atoms with van der Waals surface area (Å²) in [4.78, 5) is 0. The molecule has 0 fully saturated rings. The second kappa shape index (κ2) is 3.93. The van der Waals surface area contributed by atoms with Crippen molar-refractivity contribution in [3.05, 3.63) is 46.5 Å². The molecule has 0 bridgehead atoms. The molecule has 0 aliphatic carbocycles. The molecule has 0 radical (unpaired) electrons. The van der Waals surface area contributed by atoms with Crippen molar-refractivity contribution >= 4 is 6.08 Å². The fourth-order valence-corrected chi connectivity index (χ4v) is 1.74. The monoisotopic (exact) mass is 200 g/mol. The van der Waals surface area contributed by atoms with E-state index in [4.69, 9.17) is 4.74 Å². The maximum atomic E-state index is 5.76. The van der Waals surface area contributed by atoms with Crippen LogP contribution in [-0.2, 0) is 0 Å². The van der Waals surface area contributed by atoms with Crippen LogP contribution in [0, 0.1) is 6.92 Å². The van der Waals surface area contributed by atoms with Crippen LogP contribution in [-0.4, -0.2) is 6.61 Å². The van der Waals surface area contributed by atoms with Gasteiger partial charge in [-0.05, 0) is 49.6 Å². The molecule has 0 N–H and O–H groups in total. The fourth-order valence-electron chi connectivity index (χ4n) is 1.74. The fraction of sp³-hybridized carbons (Fsp3) is 0.286. The SMILES string of the molecule is CC1=C/COc2c(C)cccc2/C=C\1C. The zero-order valence-electron chi connectivity index (χ0n) is 9.50. The van der Waals surface area contributed by atoms with E-state index in [-0.39, 0.29) is 0 Å². The highest BCUT2D eigenvalue weighted by Crippen LogP contribution is 2.28. The van der Waals surface area contributed by atoms with Crippen molar-refractivity contribution in [3.8, 4) is 5.75 Å². The molecule has 1 heteroatoms. The van der Waals surface area contributed by atoms with Gasteiger partial charge in [0.2, 0.25) is 0 Å². The summed E-state index contributed by atoms with van der Waals surface area (Å²) in [6.07, 6.45) is 4.31. The van der Waals surface area contributed by atoms with Crippen LogP contribution in [0.15, 0.2) is 35.4 Å². The van der Waals surface area contributed by atoms with E-state index in [2.05, 4.69) is 51.1 Å². The second-order valence-corrected chi connectivity index (χ2v) is 4.02. The summed E-state index contributed by atoms with van der Waals surface area (Å²) < 4.78 is 5.76. The topological polar surface area (TPSA) is 9.23 Å². The van der Waals surface area contributed by atoms with Crippen LogP contribution in [0.25, 0.3) is 6.08 Å². The molecule has 0 saturated heterocycles. The molecule has 78 valence electrons. The molecular weight excluding hydrogens is 184 g/mol. The van der Waals surface area contributed by atoms with Crippen molar-refractivity contribution in [2.75, 3.05) is 6.61 Å². The van der Waals surface area contributed by atoms with Crippen molar-refractivity contribution in [3.63, 3.8) is 0 Å². The highest BCUT2D eigenvalue weighted by atomic mass is 16.5. The molecule has 0 saturated carbocycles. The predicted octanol–water partition coefficient (Wildman–Crippen LogP) is 3.74. The third kappa shape index (κ3) is 1.96. The van der Waals surface area contributed by atoms with Crippen molar-refractivity contribution < 1.29 is 4.74 Å². The number of para-hydroxylation sites is 1. The average Bonchev–Trinajstić information content (AvgIpc) is 2.19. The number of fused-ring (bicyclic) bond motifs is 1. The third-order valence-corrected chi connectivity index (χ3v) is 2.85. The third-order valence-electron chi connectivity index (χ3n) is 2.85. The van der Waals surface area contributed by atoms with Gasteiger partial charge in [-0.3, -0.25) is 0 Å². The normalized spacial score (nSPS) is 22.3. The molecule has 1 aliphatic heterocycles. The van der Waals surface area contributed by atoms with E-state index < -0.39 is 0 Å². The molecule has 1 aromatic rings. The molecule has 1 nitrogen and oxygen atoms in total. The molecule has 1 aromatic carbocycles. The summed E-state index contributed by atoms with van der Waals surface area (Å²) in [6.45, 7) is 7.01. The number of hydrogen-bond acceptors (Lipinski definition) is 1. The van der Waals surface area contributed by atoms with Crippen LogP contribution in [0.4, 0.5) is 0 Å². The molecule has 0 spiro atoms. The largest absolute Gasteiger partial charge is 0.489 e. The maximum Gasteiger partial charge on any atom is 0.129 e. The molecule has 1 heterocycles. The average molecular weight is 200 g/mol. The minimum absolute atomic E-state index is 0.662. The standard InChI is InChI=1S/C14H16O/c1-10-7-8-15-14-11(2)5-4-6-13(14)9-12(10)3/h4-7,9H,8H2,1-3H3/b10-7-,12-9-. The zero-order valence-corrected chi connectivity index (χ0v) is 9.50. The van der Waals surface area contributed by atoms with Crippen LogP contribution in [0.3, 0.4) is 0 Å². The van der Waals surface area contributed by atoms with Gasteiger partial charge < -0.3 is 4.74 Å². The number of allylic oxidation sites excluding steroid dienone is 2. The van der Waals surface area contributed by atoms with Crippen molar-refractivity contribution in [2.45, 2.75) is 20.8 Å². The van der Waals surface area contributed by atoms with Gasteiger partial charge in [0.05, 0.1) is 0 Å². The Labute approximate surface area is 91.1 Å².